The number of carbonyl (C=O) groups is 2. The lowest BCUT2D eigenvalue weighted by atomic mass is 10.0. The van der Waals surface area contributed by atoms with Crippen molar-refractivity contribution in [2.45, 2.75) is 39.9 Å². The molecule has 168 valence electrons. The summed E-state index contributed by atoms with van der Waals surface area (Å²) in [7, 11) is 0. The standard InChI is InChI=1S/C22H25F4N3O2/c1-12-5-6-16(7-13(12)2)15(4)29-20(30)10-27-19-9-17(8-18(23)14(19)3)21(31)28-11-22(24,25)26/h5-9,15,27H,10-11H2,1-4H3,(H,28,31)(H,29,30). The molecule has 5 nitrogen and oxygen atoms in total. The molecule has 0 aromatic heterocycles. The molecule has 0 saturated carbocycles. The van der Waals surface area contributed by atoms with Crippen molar-refractivity contribution in [1.29, 1.82) is 0 Å². The normalized spacial score (nSPS) is 12.3. The van der Waals surface area contributed by atoms with Gasteiger partial charge in [-0.15, -0.1) is 0 Å². The highest BCUT2D eigenvalue weighted by molar-refractivity contribution is 5.95. The lowest BCUT2D eigenvalue weighted by Gasteiger charge is -2.17. The Hall–Kier alpha value is -3.10. The fourth-order valence-corrected chi connectivity index (χ4v) is 2.86. The van der Waals surface area contributed by atoms with E-state index in [1.807, 2.05) is 39.0 Å². The maximum atomic E-state index is 14.2. The van der Waals surface area contributed by atoms with Gasteiger partial charge in [-0.25, -0.2) is 4.39 Å². The van der Waals surface area contributed by atoms with Crippen LogP contribution in [0.2, 0.25) is 0 Å². The van der Waals surface area contributed by atoms with E-state index in [-0.39, 0.29) is 35.3 Å². The summed E-state index contributed by atoms with van der Waals surface area (Å²) in [4.78, 5) is 24.2. The Bertz CT molecular complexity index is 974. The zero-order valence-corrected chi connectivity index (χ0v) is 17.7. The average Bonchev–Trinajstić information content (AvgIpc) is 2.68. The molecule has 0 fully saturated rings. The van der Waals surface area contributed by atoms with Crippen LogP contribution in [0.15, 0.2) is 30.3 Å². The molecule has 31 heavy (non-hydrogen) atoms. The van der Waals surface area contributed by atoms with Crippen LogP contribution in [0.3, 0.4) is 0 Å². The van der Waals surface area contributed by atoms with Gasteiger partial charge in [-0.3, -0.25) is 9.59 Å². The second-order valence-electron chi connectivity index (χ2n) is 7.41. The van der Waals surface area contributed by atoms with E-state index >= 15 is 0 Å². The van der Waals surface area contributed by atoms with E-state index in [1.54, 1.807) is 5.32 Å². The Balaban J connectivity index is 2.03. The molecule has 0 aliphatic carbocycles. The van der Waals surface area contributed by atoms with Crippen LogP contribution in [-0.4, -0.2) is 31.1 Å². The molecule has 2 aromatic rings. The van der Waals surface area contributed by atoms with Crippen LogP contribution in [0.4, 0.5) is 23.2 Å². The minimum Gasteiger partial charge on any atom is -0.376 e. The zero-order chi connectivity index (χ0) is 23.3. The highest BCUT2D eigenvalue weighted by atomic mass is 19.4. The second-order valence-corrected chi connectivity index (χ2v) is 7.41. The van der Waals surface area contributed by atoms with E-state index in [0.29, 0.717) is 0 Å². The molecule has 0 aliphatic heterocycles. The Morgan fingerprint density at radius 1 is 1.03 bits per heavy atom. The molecule has 2 rings (SSSR count). The maximum Gasteiger partial charge on any atom is 0.405 e. The number of hydrogen-bond acceptors (Lipinski definition) is 3. The van der Waals surface area contributed by atoms with Crippen molar-refractivity contribution in [2.24, 2.45) is 0 Å². The van der Waals surface area contributed by atoms with Gasteiger partial charge in [-0.2, -0.15) is 13.2 Å². The van der Waals surface area contributed by atoms with E-state index < -0.39 is 24.4 Å². The quantitative estimate of drug-likeness (QED) is 0.563. The summed E-state index contributed by atoms with van der Waals surface area (Å²) in [5.41, 5.74) is 3.18. The molecule has 0 aliphatic rings. The molecule has 0 bridgehead atoms. The largest absolute Gasteiger partial charge is 0.405 e. The third kappa shape index (κ3) is 6.97. The molecule has 9 heteroatoms. The summed E-state index contributed by atoms with van der Waals surface area (Å²) in [6, 6.07) is 7.68. The van der Waals surface area contributed by atoms with Gasteiger partial charge in [0.2, 0.25) is 5.91 Å². The SMILES string of the molecule is Cc1ccc(C(C)NC(=O)CNc2cc(C(=O)NCC(F)(F)F)cc(F)c2C)cc1C. The number of benzene rings is 2. The van der Waals surface area contributed by atoms with Crippen LogP contribution in [-0.2, 0) is 4.79 Å². The number of halogens is 4. The summed E-state index contributed by atoms with van der Waals surface area (Å²) in [6.45, 7) is 5.50. The van der Waals surface area contributed by atoms with E-state index in [1.165, 1.54) is 13.0 Å². The van der Waals surface area contributed by atoms with E-state index in [4.69, 9.17) is 0 Å². The van der Waals surface area contributed by atoms with Crippen molar-refractivity contribution in [3.05, 3.63) is 64.0 Å². The van der Waals surface area contributed by atoms with Crippen molar-refractivity contribution < 1.29 is 27.2 Å². The lowest BCUT2D eigenvalue weighted by Crippen LogP contribution is -2.34. The van der Waals surface area contributed by atoms with Crippen LogP contribution < -0.4 is 16.0 Å². The maximum absolute atomic E-state index is 14.2. The number of anilines is 1. The second kappa shape index (κ2) is 9.80. The monoisotopic (exact) mass is 439 g/mol. The molecule has 0 heterocycles. The third-order valence-corrected chi connectivity index (χ3v) is 4.90. The Morgan fingerprint density at radius 2 is 1.71 bits per heavy atom. The van der Waals surface area contributed by atoms with Gasteiger partial charge in [0.1, 0.15) is 12.4 Å². The molecular weight excluding hydrogens is 414 g/mol. The van der Waals surface area contributed by atoms with E-state index in [0.717, 1.165) is 22.8 Å². The zero-order valence-electron chi connectivity index (χ0n) is 17.7. The highest BCUT2D eigenvalue weighted by Gasteiger charge is 2.28. The molecule has 0 saturated heterocycles. The first kappa shape index (κ1) is 24.2. The summed E-state index contributed by atoms with van der Waals surface area (Å²) in [6.07, 6.45) is -4.58. The van der Waals surface area contributed by atoms with E-state index in [2.05, 4.69) is 10.6 Å². The van der Waals surface area contributed by atoms with Crippen molar-refractivity contribution in [1.82, 2.24) is 10.6 Å². The fourth-order valence-electron chi connectivity index (χ4n) is 2.86. The van der Waals surface area contributed by atoms with Gasteiger partial charge in [-0.1, -0.05) is 18.2 Å². The smallest absolute Gasteiger partial charge is 0.376 e. The first-order valence-corrected chi connectivity index (χ1v) is 9.63. The van der Waals surface area contributed by atoms with Crippen molar-refractivity contribution in [3.63, 3.8) is 0 Å². The summed E-state index contributed by atoms with van der Waals surface area (Å²) in [5, 5.41) is 7.26. The van der Waals surface area contributed by atoms with Gasteiger partial charge >= 0.3 is 6.18 Å². The molecule has 0 radical (unpaired) electrons. The lowest BCUT2D eigenvalue weighted by molar-refractivity contribution is -0.123. The van der Waals surface area contributed by atoms with Crippen LogP contribution in [0.25, 0.3) is 0 Å². The first-order chi connectivity index (χ1) is 14.4. The van der Waals surface area contributed by atoms with Gasteiger partial charge < -0.3 is 16.0 Å². The van der Waals surface area contributed by atoms with Crippen LogP contribution >= 0.6 is 0 Å². The van der Waals surface area contributed by atoms with Gasteiger partial charge in [0.15, 0.2) is 0 Å². The molecule has 2 amide bonds. The first-order valence-electron chi connectivity index (χ1n) is 9.63. The molecule has 1 unspecified atom stereocenters. The fraction of sp³-hybridized carbons (Fsp3) is 0.364. The van der Waals surface area contributed by atoms with E-state index in [9.17, 15) is 27.2 Å². The van der Waals surface area contributed by atoms with Crippen LogP contribution in [0, 0.1) is 26.6 Å². The van der Waals surface area contributed by atoms with Crippen LogP contribution in [0.5, 0.6) is 0 Å². The average molecular weight is 439 g/mol. The predicted octanol–water partition coefficient (Wildman–Crippen LogP) is 4.33. The molecular formula is C22H25F4N3O2. The Kier molecular flexibility index (Phi) is 7.65. The number of aryl methyl sites for hydroxylation is 2. The predicted molar refractivity (Wildman–Crippen MR) is 110 cm³/mol. The van der Waals surface area contributed by atoms with Crippen LogP contribution in [0.1, 0.15) is 45.6 Å². The van der Waals surface area contributed by atoms with Gasteiger partial charge in [0.05, 0.1) is 12.6 Å². The summed E-state index contributed by atoms with van der Waals surface area (Å²) < 4.78 is 51.0. The van der Waals surface area contributed by atoms with Gasteiger partial charge in [-0.05, 0) is 56.5 Å². The molecule has 3 N–H and O–H groups in total. The molecule has 0 spiro atoms. The number of amides is 2. The summed E-state index contributed by atoms with van der Waals surface area (Å²) in [5.74, 6) is -2.20. The van der Waals surface area contributed by atoms with Crippen molar-refractivity contribution >= 4 is 17.5 Å². The number of alkyl halides is 3. The third-order valence-electron chi connectivity index (χ3n) is 4.90. The van der Waals surface area contributed by atoms with Crippen molar-refractivity contribution in [2.75, 3.05) is 18.4 Å². The number of nitrogens with one attached hydrogen (secondary N) is 3. The highest BCUT2D eigenvalue weighted by Crippen LogP contribution is 2.22. The van der Waals surface area contributed by atoms with Crippen molar-refractivity contribution in [3.8, 4) is 0 Å². The Labute approximate surface area is 178 Å². The summed E-state index contributed by atoms with van der Waals surface area (Å²) >= 11 is 0. The van der Waals surface area contributed by atoms with Gasteiger partial charge in [0.25, 0.3) is 5.91 Å². The number of rotatable bonds is 7. The number of carbonyl (C=O) groups excluding carboxylic acids is 2. The molecule has 1 atom stereocenters. The minimum absolute atomic E-state index is 0.141. The minimum atomic E-state index is -4.58. The van der Waals surface area contributed by atoms with Gasteiger partial charge in [0, 0.05) is 16.8 Å². The Morgan fingerprint density at radius 3 is 2.32 bits per heavy atom. The molecule has 2 aromatic carbocycles. The number of hydrogen-bond donors (Lipinski definition) is 3. The topological polar surface area (TPSA) is 70.2 Å².